The van der Waals surface area contributed by atoms with Gasteiger partial charge in [-0.25, -0.2) is 8.78 Å². The van der Waals surface area contributed by atoms with Crippen LogP contribution < -0.4 is 5.56 Å². The van der Waals surface area contributed by atoms with Gasteiger partial charge < -0.3 is 4.98 Å². The van der Waals surface area contributed by atoms with Gasteiger partial charge in [-0.15, -0.1) is 0 Å². The quantitative estimate of drug-likeness (QED) is 0.872. The molecule has 2 heterocycles. The number of rotatable bonds is 2. The van der Waals surface area contributed by atoms with Gasteiger partial charge in [-0.1, -0.05) is 13.8 Å². The first-order valence-electron chi connectivity index (χ1n) is 5.47. The van der Waals surface area contributed by atoms with Gasteiger partial charge in [0, 0.05) is 11.8 Å². The number of fused-ring (bicyclic) bond motifs is 1. The lowest BCUT2D eigenvalue weighted by Gasteiger charge is -2.06. The molecule has 2 rings (SSSR count). The molecular formula is C12H12F2N2O. The molecule has 0 radical (unpaired) electrons. The number of halogens is 2. The fraction of sp³-hybridized carbons (Fsp3) is 0.333. The first kappa shape index (κ1) is 11.7. The Bertz CT molecular complexity index is 634. The second-order valence-electron chi connectivity index (χ2n) is 3.77. The lowest BCUT2D eigenvalue weighted by atomic mass is 10.1. The summed E-state index contributed by atoms with van der Waals surface area (Å²) in [6, 6.07) is 0. The highest BCUT2D eigenvalue weighted by Crippen LogP contribution is 2.20. The summed E-state index contributed by atoms with van der Waals surface area (Å²) in [6.07, 6.45) is 1.99. The maximum absolute atomic E-state index is 13.9. The van der Waals surface area contributed by atoms with Crippen LogP contribution in [-0.4, -0.2) is 9.97 Å². The van der Waals surface area contributed by atoms with E-state index in [-0.39, 0.29) is 23.0 Å². The second kappa shape index (κ2) is 4.24. The molecule has 0 spiro atoms. The first-order valence-corrected chi connectivity index (χ1v) is 5.47. The third-order valence-corrected chi connectivity index (χ3v) is 2.81. The highest BCUT2D eigenvalue weighted by molar-refractivity contribution is 5.76. The molecule has 2 aromatic heterocycles. The Balaban J connectivity index is 2.91. The van der Waals surface area contributed by atoms with Crippen LogP contribution in [0, 0.1) is 11.6 Å². The Morgan fingerprint density at radius 1 is 1.24 bits per heavy atom. The Morgan fingerprint density at radius 3 is 2.53 bits per heavy atom. The van der Waals surface area contributed by atoms with Crippen LogP contribution >= 0.6 is 0 Å². The van der Waals surface area contributed by atoms with Crippen molar-refractivity contribution in [2.45, 2.75) is 26.7 Å². The molecule has 0 aliphatic rings. The molecule has 0 aliphatic heterocycles. The summed E-state index contributed by atoms with van der Waals surface area (Å²) in [4.78, 5) is 17.8. The Morgan fingerprint density at radius 2 is 1.94 bits per heavy atom. The van der Waals surface area contributed by atoms with Crippen LogP contribution in [-0.2, 0) is 12.8 Å². The van der Waals surface area contributed by atoms with E-state index in [1.54, 1.807) is 13.8 Å². The van der Waals surface area contributed by atoms with Crippen LogP contribution in [0.4, 0.5) is 8.78 Å². The molecule has 17 heavy (non-hydrogen) atoms. The number of aromatic nitrogens is 2. The highest BCUT2D eigenvalue weighted by Gasteiger charge is 2.16. The average Bonchev–Trinajstić information content (AvgIpc) is 2.31. The van der Waals surface area contributed by atoms with Gasteiger partial charge in [0.05, 0.1) is 5.56 Å². The predicted molar refractivity (Wildman–Crippen MR) is 61.0 cm³/mol. The van der Waals surface area contributed by atoms with E-state index in [0.717, 1.165) is 0 Å². The molecule has 0 unspecified atom stereocenters. The highest BCUT2D eigenvalue weighted by atomic mass is 19.1. The van der Waals surface area contributed by atoms with Crippen LogP contribution in [0.1, 0.15) is 25.0 Å². The Labute approximate surface area is 96.5 Å². The largest absolute Gasteiger partial charge is 0.318 e. The number of aromatic amines is 1. The van der Waals surface area contributed by atoms with Gasteiger partial charge in [-0.2, -0.15) is 0 Å². The van der Waals surface area contributed by atoms with Crippen molar-refractivity contribution in [1.82, 2.24) is 9.97 Å². The van der Waals surface area contributed by atoms with Crippen molar-refractivity contribution >= 4 is 11.0 Å². The molecule has 0 aliphatic carbocycles. The van der Waals surface area contributed by atoms with Crippen molar-refractivity contribution in [2.75, 3.05) is 0 Å². The Hall–Kier alpha value is -1.78. The van der Waals surface area contributed by atoms with Crippen molar-refractivity contribution in [2.24, 2.45) is 0 Å². The number of hydrogen-bond donors (Lipinski definition) is 1. The van der Waals surface area contributed by atoms with Crippen LogP contribution in [0.3, 0.4) is 0 Å². The van der Waals surface area contributed by atoms with Crippen LogP contribution in [0.5, 0.6) is 0 Å². The van der Waals surface area contributed by atoms with Crippen molar-refractivity contribution in [3.8, 4) is 0 Å². The van der Waals surface area contributed by atoms with Gasteiger partial charge in [-0.05, 0) is 12.8 Å². The van der Waals surface area contributed by atoms with Crippen LogP contribution in [0.15, 0.2) is 11.0 Å². The fourth-order valence-electron chi connectivity index (χ4n) is 1.80. The SMILES string of the molecule is CCc1cnc2c(F)c(CC)c(=O)[nH]c2c1F. The summed E-state index contributed by atoms with van der Waals surface area (Å²) in [5.74, 6) is -1.33. The number of aryl methyl sites for hydroxylation is 1. The zero-order chi connectivity index (χ0) is 12.6. The normalized spacial score (nSPS) is 11.1. The molecule has 0 amide bonds. The molecule has 0 fully saturated rings. The molecule has 90 valence electrons. The lowest BCUT2D eigenvalue weighted by Crippen LogP contribution is -2.16. The van der Waals surface area contributed by atoms with E-state index in [2.05, 4.69) is 9.97 Å². The van der Waals surface area contributed by atoms with Crippen molar-refractivity contribution < 1.29 is 8.78 Å². The average molecular weight is 238 g/mol. The monoisotopic (exact) mass is 238 g/mol. The van der Waals surface area contributed by atoms with Crippen LogP contribution in [0.25, 0.3) is 11.0 Å². The molecule has 5 heteroatoms. The van der Waals surface area contributed by atoms with Gasteiger partial charge in [0.2, 0.25) is 0 Å². The van der Waals surface area contributed by atoms with E-state index in [4.69, 9.17) is 0 Å². The van der Waals surface area contributed by atoms with Gasteiger partial charge in [-0.3, -0.25) is 9.78 Å². The Kier molecular flexibility index (Phi) is 2.92. The van der Waals surface area contributed by atoms with Crippen molar-refractivity contribution in [1.29, 1.82) is 0 Å². The number of pyridine rings is 2. The second-order valence-corrected chi connectivity index (χ2v) is 3.77. The summed E-state index contributed by atoms with van der Waals surface area (Å²) in [6.45, 7) is 3.43. The summed E-state index contributed by atoms with van der Waals surface area (Å²) >= 11 is 0. The first-order chi connectivity index (χ1) is 8.10. The van der Waals surface area contributed by atoms with E-state index in [9.17, 15) is 13.6 Å². The summed E-state index contributed by atoms with van der Waals surface area (Å²) < 4.78 is 27.8. The smallest absolute Gasteiger partial charge is 0.254 e. The van der Waals surface area contributed by atoms with E-state index >= 15 is 0 Å². The summed E-state index contributed by atoms with van der Waals surface area (Å²) in [7, 11) is 0. The predicted octanol–water partition coefficient (Wildman–Crippen LogP) is 2.33. The van der Waals surface area contributed by atoms with E-state index in [1.165, 1.54) is 6.20 Å². The van der Waals surface area contributed by atoms with Gasteiger partial charge >= 0.3 is 0 Å². The van der Waals surface area contributed by atoms with Crippen molar-refractivity contribution in [3.05, 3.63) is 39.3 Å². The van der Waals surface area contributed by atoms with Crippen LogP contribution in [0.2, 0.25) is 0 Å². The number of nitrogens with zero attached hydrogens (tertiary/aromatic N) is 1. The zero-order valence-corrected chi connectivity index (χ0v) is 9.60. The van der Waals surface area contributed by atoms with Gasteiger partial charge in [0.15, 0.2) is 11.6 Å². The molecule has 0 bridgehead atoms. The van der Waals surface area contributed by atoms with E-state index in [1.807, 2.05) is 0 Å². The number of nitrogens with one attached hydrogen (secondary N) is 1. The van der Waals surface area contributed by atoms with E-state index in [0.29, 0.717) is 12.0 Å². The minimum Gasteiger partial charge on any atom is -0.318 e. The van der Waals surface area contributed by atoms with Gasteiger partial charge in [0.1, 0.15) is 11.0 Å². The maximum atomic E-state index is 13.9. The molecule has 2 aromatic rings. The molecule has 1 N–H and O–H groups in total. The fourth-order valence-corrected chi connectivity index (χ4v) is 1.80. The summed E-state index contributed by atoms with van der Waals surface area (Å²) in [5, 5.41) is 0. The summed E-state index contributed by atoms with van der Waals surface area (Å²) in [5.41, 5.74) is -0.489. The van der Waals surface area contributed by atoms with E-state index < -0.39 is 17.2 Å². The lowest BCUT2D eigenvalue weighted by molar-refractivity contribution is 0.601. The molecule has 0 saturated carbocycles. The minimum absolute atomic E-state index is 0.00801. The molecule has 0 saturated heterocycles. The third-order valence-electron chi connectivity index (χ3n) is 2.81. The van der Waals surface area contributed by atoms with Crippen molar-refractivity contribution in [3.63, 3.8) is 0 Å². The molecule has 3 nitrogen and oxygen atoms in total. The molecular weight excluding hydrogens is 226 g/mol. The molecule has 0 aromatic carbocycles. The standard InChI is InChI=1S/C12H12F2N2O/c1-3-6-5-15-10-9(14)7(4-2)12(17)16-11(10)8(6)13/h5H,3-4H2,1-2H3,(H,16,17). The third kappa shape index (κ3) is 1.71. The number of H-pyrrole nitrogens is 1. The zero-order valence-electron chi connectivity index (χ0n) is 9.60. The topological polar surface area (TPSA) is 45.8 Å². The number of hydrogen-bond acceptors (Lipinski definition) is 2. The molecule has 0 atom stereocenters. The minimum atomic E-state index is -0.729. The maximum Gasteiger partial charge on any atom is 0.254 e. The van der Waals surface area contributed by atoms with Gasteiger partial charge in [0.25, 0.3) is 5.56 Å².